The van der Waals surface area contributed by atoms with Crippen LogP contribution in [0.3, 0.4) is 0 Å². The molecule has 0 unspecified atom stereocenters. The zero-order valence-corrected chi connectivity index (χ0v) is 10.8. The molecule has 0 aromatic carbocycles. The van der Waals surface area contributed by atoms with Crippen molar-refractivity contribution in [2.24, 2.45) is 0 Å². The zero-order chi connectivity index (χ0) is 13.5. The van der Waals surface area contributed by atoms with Gasteiger partial charge in [-0.15, -0.1) is 0 Å². The van der Waals surface area contributed by atoms with Crippen LogP contribution in [-0.2, 0) is 4.74 Å². The molecule has 0 saturated heterocycles. The summed E-state index contributed by atoms with van der Waals surface area (Å²) in [6, 6.07) is 2.48. The summed E-state index contributed by atoms with van der Waals surface area (Å²) in [6.07, 6.45) is 0.620. The first kappa shape index (κ1) is 14.1. The number of nitrogens with zero attached hydrogens (tertiary/aromatic N) is 2. The number of pyridine rings is 1. The zero-order valence-electron chi connectivity index (χ0n) is 9.91. The number of carbonyl (C=O) groups excluding carboxylic acids is 2. The number of carbonyl (C=O) groups is 2. The van der Waals surface area contributed by atoms with Gasteiger partial charge < -0.3 is 9.47 Å². The molecule has 1 N–H and O–H groups in total. The number of urea groups is 1. The number of imide groups is 1. The molecule has 7 nitrogen and oxygen atoms in total. The number of aromatic nitrogens is 1. The number of alkyl carbamates (subject to hydrolysis) is 1. The minimum atomic E-state index is -0.851. The van der Waals surface area contributed by atoms with Crippen molar-refractivity contribution < 1.29 is 19.1 Å². The summed E-state index contributed by atoms with van der Waals surface area (Å²) in [4.78, 5) is 26.7. The van der Waals surface area contributed by atoms with Gasteiger partial charge >= 0.3 is 12.1 Å². The fraction of sp³-hybridized carbons (Fsp3) is 0.300. The summed E-state index contributed by atoms with van der Waals surface area (Å²) in [5, 5.41) is 1.98. The van der Waals surface area contributed by atoms with E-state index in [0.717, 1.165) is 4.31 Å². The maximum absolute atomic E-state index is 11.6. The van der Waals surface area contributed by atoms with Crippen LogP contribution in [0.2, 0.25) is 0 Å². The monoisotopic (exact) mass is 271 g/mol. The summed E-state index contributed by atoms with van der Waals surface area (Å²) >= 11 is 3.95. The molecule has 0 aliphatic rings. The third kappa shape index (κ3) is 3.52. The van der Waals surface area contributed by atoms with Crippen molar-refractivity contribution in [3.05, 3.63) is 18.3 Å². The van der Waals surface area contributed by atoms with Crippen molar-refractivity contribution in [3.8, 4) is 5.75 Å². The molecule has 8 heteroatoms. The standard InChI is InChI=1S/C10H13N3O4S/c1-3-17-10(15)12-9(14)13(18)8-7(16-2)5-4-6-11-8/h4-6,18H,3H2,1-2H3,(H,12,14,15). The summed E-state index contributed by atoms with van der Waals surface area (Å²) in [5.74, 6) is 0.525. The van der Waals surface area contributed by atoms with E-state index in [0.29, 0.717) is 5.75 Å². The van der Waals surface area contributed by atoms with Gasteiger partial charge in [-0.05, 0) is 19.1 Å². The molecule has 1 heterocycles. The number of nitrogens with one attached hydrogen (secondary N) is 1. The SMILES string of the molecule is CCOC(=O)NC(=O)N(S)c1ncccc1OC. The van der Waals surface area contributed by atoms with Crippen LogP contribution in [0.5, 0.6) is 5.75 Å². The Kier molecular flexibility index (Phi) is 5.25. The lowest BCUT2D eigenvalue weighted by atomic mass is 10.4. The van der Waals surface area contributed by atoms with Crippen LogP contribution < -0.4 is 14.4 Å². The third-order valence-electron chi connectivity index (χ3n) is 1.85. The summed E-state index contributed by atoms with van der Waals surface area (Å²) in [7, 11) is 1.44. The van der Waals surface area contributed by atoms with Gasteiger partial charge in [0.25, 0.3) is 0 Å². The van der Waals surface area contributed by atoms with E-state index in [-0.39, 0.29) is 12.4 Å². The maximum atomic E-state index is 11.6. The first-order valence-electron chi connectivity index (χ1n) is 5.05. The first-order valence-corrected chi connectivity index (χ1v) is 5.45. The fourth-order valence-electron chi connectivity index (χ4n) is 1.10. The lowest BCUT2D eigenvalue weighted by Crippen LogP contribution is -2.39. The molecule has 0 aliphatic heterocycles. The Hall–Kier alpha value is -1.96. The Balaban J connectivity index is 2.77. The average molecular weight is 271 g/mol. The summed E-state index contributed by atoms with van der Waals surface area (Å²) < 4.78 is 10.4. The smallest absolute Gasteiger partial charge is 0.415 e. The van der Waals surface area contributed by atoms with Gasteiger partial charge in [0.1, 0.15) is 0 Å². The minimum absolute atomic E-state index is 0.165. The molecule has 0 fully saturated rings. The molecule has 18 heavy (non-hydrogen) atoms. The van der Waals surface area contributed by atoms with Crippen molar-refractivity contribution in [3.63, 3.8) is 0 Å². The number of amides is 3. The molecule has 3 amide bonds. The Morgan fingerprint density at radius 1 is 1.56 bits per heavy atom. The van der Waals surface area contributed by atoms with E-state index in [9.17, 15) is 9.59 Å². The van der Waals surface area contributed by atoms with Crippen molar-refractivity contribution in [2.75, 3.05) is 18.0 Å². The lowest BCUT2D eigenvalue weighted by Gasteiger charge is -2.16. The van der Waals surface area contributed by atoms with Crippen LogP contribution in [0.15, 0.2) is 18.3 Å². The number of methoxy groups -OCH3 is 1. The van der Waals surface area contributed by atoms with Crippen LogP contribution in [0.1, 0.15) is 6.92 Å². The van der Waals surface area contributed by atoms with Gasteiger partial charge in [0, 0.05) is 6.20 Å². The van der Waals surface area contributed by atoms with Gasteiger partial charge in [-0.25, -0.2) is 24.2 Å². The number of hydrogen-bond donors (Lipinski definition) is 2. The second-order valence-electron chi connectivity index (χ2n) is 2.99. The van der Waals surface area contributed by atoms with Gasteiger partial charge in [-0.1, -0.05) is 12.8 Å². The van der Waals surface area contributed by atoms with Crippen LogP contribution in [-0.4, -0.2) is 30.8 Å². The van der Waals surface area contributed by atoms with E-state index in [1.165, 1.54) is 13.3 Å². The largest absolute Gasteiger partial charge is 0.493 e. The molecule has 1 rings (SSSR count). The van der Waals surface area contributed by atoms with E-state index in [2.05, 4.69) is 22.5 Å². The normalized spacial score (nSPS) is 9.50. The van der Waals surface area contributed by atoms with Crippen molar-refractivity contribution in [2.45, 2.75) is 6.92 Å². The van der Waals surface area contributed by atoms with Gasteiger partial charge in [0.2, 0.25) is 0 Å². The van der Waals surface area contributed by atoms with Crippen molar-refractivity contribution >= 4 is 30.8 Å². The third-order valence-corrected chi connectivity index (χ3v) is 2.22. The fourth-order valence-corrected chi connectivity index (χ4v) is 1.30. The first-order chi connectivity index (χ1) is 8.60. The van der Waals surface area contributed by atoms with E-state index in [1.54, 1.807) is 19.1 Å². The van der Waals surface area contributed by atoms with Crippen molar-refractivity contribution in [1.29, 1.82) is 0 Å². The van der Waals surface area contributed by atoms with E-state index >= 15 is 0 Å². The molecule has 1 aromatic heterocycles. The maximum Gasteiger partial charge on any atom is 0.415 e. The molecule has 1 aromatic rings. The number of ether oxygens (including phenoxy) is 2. The average Bonchev–Trinajstić information content (AvgIpc) is 2.38. The number of thiol groups is 1. The number of rotatable bonds is 3. The molecule has 0 radical (unpaired) electrons. The topological polar surface area (TPSA) is 80.8 Å². The van der Waals surface area contributed by atoms with Crippen LogP contribution in [0.4, 0.5) is 15.4 Å². The van der Waals surface area contributed by atoms with E-state index in [1.807, 2.05) is 5.32 Å². The molecule has 0 spiro atoms. The highest BCUT2D eigenvalue weighted by molar-refractivity contribution is 7.82. The Morgan fingerprint density at radius 3 is 2.89 bits per heavy atom. The predicted octanol–water partition coefficient (Wildman–Crippen LogP) is 1.61. The van der Waals surface area contributed by atoms with Gasteiger partial charge in [0.05, 0.1) is 13.7 Å². The summed E-state index contributed by atoms with van der Waals surface area (Å²) in [5.41, 5.74) is 0. The molecular formula is C10H13N3O4S. The molecular weight excluding hydrogens is 258 g/mol. The molecule has 0 atom stereocenters. The second kappa shape index (κ2) is 6.70. The highest BCUT2D eigenvalue weighted by Gasteiger charge is 2.19. The van der Waals surface area contributed by atoms with Crippen molar-refractivity contribution in [1.82, 2.24) is 10.3 Å². The molecule has 0 aliphatic carbocycles. The number of hydrogen-bond acceptors (Lipinski definition) is 6. The summed E-state index contributed by atoms with van der Waals surface area (Å²) in [6.45, 7) is 1.79. The quantitative estimate of drug-likeness (QED) is 0.816. The highest BCUT2D eigenvalue weighted by atomic mass is 32.1. The molecule has 98 valence electrons. The minimum Gasteiger partial charge on any atom is -0.493 e. The van der Waals surface area contributed by atoms with Gasteiger partial charge in [-0.3, -0.25) is 0 Å². The van der Waals surface area contributed by atoms with E-state index in [4.69, 9.17) is 4.74 Å². The second-order valence-corrected chi connectivity index (χ2v) is 3.39. The molecule has 0 bridgehead atoms. The lowest BCUT2D eigenvalue weighted by molar-refractivity contribution is 0.154. The highest BCUT2D eigenvalue weighted by Crippen LogP contribution is 2.25. The van der Waals surface area contributed by atoms with Crippen LogP contribution >= 0.6 is 12.8 Å². The van der Waals surface area contributed by atoms with Gasteiger partial charge in [0.15, 0.2) is 11.6 Å². The number of anilines is 1. The Bertz CT molecular complexity index is 441. The van der Waals surface area contributed by atoms with Crippen LogP contribution in [0, 0.1) is 0 Å². The van der Waals surface area contributed by atoms with E-state index < -0.39 is 12.1 Å². The predicted molar refractivity (Wildman–Crippen MR) is 67.8 cm³/mol. The van der Waals surface area contributed by atoms with Gasteiger partial charge in [-0.2, -0.15) is 0 Å². The molecule has 0 saturated carbocycles. The van der Waals surface area contributed by atoms with Crippen LogP contribution in [0.25, 0.3) is 0 Å². The Morgan fingerprint density at radius 2 is 2.28 bits per heavy atom. The Labute approximate surface area is 110 Å².